The summed E-state index contributed by atoms with van der Waals surface area (Å²) >= 11 is 1.09. The van der Waals surface area contributed by atoms with E-state index in [1.165, 1.54) is 11.4 Å². The lowest BCUT2D eigenvalue weighted by Gasteiger charge is -2.34. The molecule has 2 heterocycles. The second kappa shape index (κ2) is 6.04. The first-order valence-corrected chi connectivity index (χ1v) is 8.91. The highest BCUT2D eigenvalue weighted by atomic mass is 32.2. The van der Waals surface area contributed by atoms with Gasteiger partial charge in [0.1, 0.15) is 9.77 Å². The average Bonchev–Trinajstić information content (AvgIpc) is 2.79. The van der Waals surface area contributed by atoms with Gasteiger partial charge >= 0.3 is 5.97 Å². The summed E-state index contributed by atoms with van der Waals surface area (Å²) in [5.41, 5.74) is 0.562. The number of nitrogens with zero attached hydrogens (tertiary/aromatic N) is 1. The number of esters is 1. The summed E-state index contributed by atoms with van der Waals surface area (Å²) in [4.78, 5) is 12.0. The summed E-state index contributed by atoms with van der Waals surface area (Å²) < 4.78 is 37.4. The standard InChI is InChI=1S/C13H19NO5S2/c1-8-7-20-11(13(15)18-4)12(8)21(16,17)14-5-9(2)19-10(3)6-14/h7,9-10H,5-6H2,1-4H3/t9-,10+. The van der Waals surface area contributed by atoms with Gasteiger partial charge in [-0.05, 0) is 31.7 Å². The number of ether oxygens (including phenoxy) is 2. The Morgan fingerprint density at radius 3 is 2.48 bits per heavy atom. The van der Waals surface area contributed by atoms with E-state index in [0.717, 1.165) is 11.3 Å². The fraction of sp³-hybridized carbons (Fsp3) is 0.615. The maximum atomic E-state index is 12.9. The minimum atomic E-state index is -3.74. The maximum Gasteiger partial charge on any atom is 0.349 e. The van der Waals surface area contributed by atoms with Crippen molar-refractivity contribution in [1.29, 1.82) is 0 Å². The van der Waals surface area contributed by atoms with E-state index in [1.54, 1.807) is 12.3 Å². The molecule has 118 valence electrons. The van der Waals surface area contributed by atoms with Crippen molar-refractivity contribution in [2.45, 2.75) is 37.9 Å². The van der Waals surface area contributed by atoms with Crippen LogP contribution in [0, 0.1) is 6.92 Å². The molecule has 8 heteroatoms. The largest absolute Gasteiger partial charge is 0.465 e. The first kappa shape index (κ1) is 16.4. The van der Waals surface area contributed by atoms with Crippen LogP contribution in [-0.4, -0.2) is 51.1 Å². The fourth-order valence-corrected chi connectivity index (χ4v) is 5.69. The third-order valence-corrected chi connectivity index (χ3v) is 6.50. The summed E-state index contributed by atoms with van der Waals surface area (Å²) in [5.74, 6) is -0.624. The molecule has 0 aliphatic carbocycles. The number of rotatable bonds is 3. The van der Waals surface area contributed by atoms with Crippen molar-refractivity contribution in [2.75, 3.05) is 20.2 Å². The Labute approximate surface area is 128 Å². The molecule has 0 N–H and O–H groups in total. The lowest BCUT2D eigenvalue weighted by Crippen LogP contribution is -2.48. The number of methoxy groups -OCH3 is 1. The van der Waals surface area contributed by atoms with Crippen LogP contribution in [0.25, 0.3) is 0 Å². The molecular weight excluding hydrogens is 314 g/mol. The van der Waals surface area contributed by atoms with E-state index < -0.39 is 16.0 Å². The second-order valence-corrected chi connectivity index (χ2v) is 7.90. The number of carbonyl (C=O) groups excluding carboxylic acids is 1. The van der Waals surface area contributed by atoms with Gasteiger partial charge in [0.15, 0.2) is 0 Å². The monoisotopic (exact) mass is 333 g/mol. The van der Waals surface area contributed by atoms with Crippen molar-refractivity contribution in [3.63, 3.8) is 0 Å². The SMILES string of the molecule is COC(=O)c1scc(C)c1S(=O)(=O)N1C[C@@H](C)O[C@@H](C)C1. The van der Waals surface area contributed by atoms with Crippen LogP contribution in [0.1, 0.15) is 29.1 Å². The zero-order valence-corrected chi connectivity index (χ0v) is 14.1. The summed E-state index contributed by atoms with van der Waals surface area (Å²) in [7, 11) is -2.50. The lowest BCUT2D eigenvalue weighted by atomic mass is 10.3. The van der Waals surface area contributed by atoms with Gasteiger partial charge in [-0.15, -0.1) is 11.3 Å². The van der Waals surface area contributed by atoms with E-state index in [2.05, 4.69) is 4.74 Å². The third kappa shape index (κ3) is 3.13. The highest BCUT2D eigenvalue weighted by Gasteiger charge is 2.36. The van der Waals surface area contributed by atoms with Crippen LogP contribution in [0.2, 0.25) is 0 Å². The van der Waals surface area contributed by atoms with Crippen LogP contribution < -0.4 is 0 Å². The van der Waals surface area contributed by atoms with Crippen LogP contribution in [0.4, 0.5) is 0 Å². The number of thiophene rings is 1. The molecule has 2 atom stereocenters. The van der Waals surface area contributed by atoms with Gasteiger partial charge < -0.3 is 9.47 Å². The molecule has 21 heavy (non-hydrogen) atoms. The zero-order chi connectivity index (χ0) is 15.8. The smallest absolute Gasteiger partial charge is 0.349 e. The first-order valence-electron chi connectivity index (χ1n) is 6.59. The molecule has 1 saturated heterocycles. The van der Waals surface area contributed by atoms with Crippen molar-refractivity contribution in [2.24, 2.45) is 0 Å². The Morgan fingerprint density at radius 1 is 1.38 bits per heavy atom. The molecule has 0 bridgehead atoms. The predicted molar refractivity (Wildman–Crippen MR) is 79.2 cm³/mol. The Bertz CT molecular complexity index is 627. The molecule has 0 aromatic carbocycles. The van der Waals surface area contributed by atoms with Crippen LogP contribution in [0.5, 0.6) is 0 Å². The third-order valence-electron chi connectivity index (χ3n) is 3.27. The van der Waals surface area contributed by atoms with E-state index in [-0.39, 0.29) is 35.1 Å². The molecule has 1 aliphatic rings. The molecule has 6 nitrogen and oxygen atoms in total. The quantitative estimate of drug-likeness (QED) is 0.786. The average molecular weight is 333 g/mol. The first-order chi connectivity index (χ1) is 9.77. The van der Waals surface area contributed by atoms with Crippen molar-refractivity contribution in [1.82, 2.24) is 4.31 Å². The Hall–Kier alpha value is -0.960. The summed E-state index contributed by atoms with van der Waals surface area (Å²) in [6.07, 6.45) is -0.354. The summed E-state index contributed by atoms with van der Waals surface area (Å²) in [6, 6.07) is 0. The van der Waals surface area contributed by atoms with Crippen molar-refractivity contribution in [3.8, 4) is 0 Å². The predicted octanol–water partition coefficient (Wildman–Crippen LogP) is 1.64. The molecule has 2 rings (SSSR count). The van der Waals surface area contributed by atoms with E-state index in [4.69, 9.17) is 4.74 Å². The van der Waals surface area contributed by atoms with E-state index >= 15 is 0 Å². The molecule has 0 unspecified atom stereocenters. The van der Waals surface area contributed by atoms with Crippen molar-refractivity contribution < 1.29 is 22.7 Å². The van der Waals surface area contributed by atoms with E-state index in [9.17, 15) is 13.2 Å². The zero-order valence-electron chi connectivity index (χ0n) is 12.5. The maximum absolute atomic E-state index is 12.9. The van der Waals surface area contributed by atoms with Gasteiger partial charge in [-0.25, -0.2) is 13.2 Å². The highest BCUT2D eigenvalue weighted by molar-refractivity contribution is 7.89. The van der Waals surface area contributed by atoms with Gasteiger partial charge in [0.25, 0.3) is 0 Å². The normalized spacial score (nSPS) is 24.0. The molecule has 1 aliphatic heterocycles. The molecule has 0 spiro atoms. The number of morpholine rings is 1. The summed E-state index contributed by atoms with van der Waals surface area (Å²) in [5, 5.41) is 1.66. The Morgan fingerprint density at radius 2 is 1.95 bits per heavy atom. The molecule has 1 aromatic rings. The van der Waals surface area contributed by atoms with Crippen LogP contribution in [0.3, 0.4) is 0 Å². The number of aryl methyl sites for hydroxylation is 1. The lowest BCUT2D eigenvalue weighted by molar-refractivity contribution is -0.0440. The second-order valence-electron chi connectivity index (χ2n) is 5.15. The number of hydrogen-bond acceptors (Lipinski definition) is 6. The molecule has 0 saturated carbocycles. The molecular formula is C13H19NO5S2. The molecule has 0 radical (unpaired) electrons. The highest BCUT2D eigenvalue weighted by Crippen LogP contribution is 2.31. The van der Waals surface area contributed by atoms with Crippen molar-refractivity contribution in [3.05, 3.63) is 15.8 Å². The van der Waals surface area contributed by atoms with E-state index in [1.807, 2.05) is 13.8 Å². The van der Waals surface area contributed by atoms with Gasteiger partial charge in [0.2, 0.25) is 10.0 Å². The number of hydrogen-bond donors (Lipinski definition) is 0. The van der Waals surface area contributed by atoms with Gasteiger partial charge in [0.05, 0.1) is 19.3 Å². The topological polar surface area (TPSA) is 72.9 Å². The van der Waals surface area contributed by atoms with Crippen molar-refractivity contribution >= 4 is 27.3 Å². The van der Waals surface area contributed by atoms with Crippen LogP contribution >= 0.6 is 11.3 Å². The Balaban J connectivity index is 2.45. The van der Waals surface area contributed by atoms with Crippen LogP contribution in [-0.2, 0) is 19.5 Å². The molecule has 0 amide bonds. The van der Waals surface area contributed by atoms with Gasteiger partial charge in [-0.1, -0.05) is 0 Å². The minimum Gasteiger partial charge on any atom is -0.465 e. The summed E-state index contributed by atoms with van der Waals surface area (Å²) in [6.45, 7) is 5.91. The molecule has 1 fully saturated rings. The van der Waals surface area contributed by atoms with E-state index in [0.29, 0.717) is 5.56 Å². The van der Waals surface area contributed by atoms with Gasteiger partial charge in [-0.2, -0.15) is 4.31 Å². The van der Waals surface area contributed by atoms with Crippen LogP contribution in [0.15, 0.2) is 10.3 Å². The Kier molecular flexibility index (Phi) is 4.72. The number of carbonyl (C=O) groups is 1. The minimum absolute atomic E-state index is 0.0562. The van der Waals surface area contributed by atoms with Gasteiger partial charge in [0, 0.05) is 13.1 Å². The molecule has 1 aromatic heterocycles. The fourth-order valence-electron chi connectivity index (χ4n) is 2.44. The van der Waals surface area contributed by atoms with Gasteiger partial charge in [-0.3, -0.25) is 0 Å². The number of sulfonamides is 1.